The third-order valence-corrected chi connectivity index (χ3v) is 6.09. The van der Waals surface area contributed by atoms with Gasteiger partial charge in [0.05, 0.1) is 0 Å². The number of amides is 2. The third kappa shape index (κ3) is 4.34. The van der Waals surface area contributed by atoms with Crippen LogP contribution in [-0.2, 0) is 17.8 Å². The molecular weight excluding hydrogens is 370 g/mol. The smallest absolute Gasteiger partial charge is 0.289 e. The van der Waals surface area contributed by atoms with Crippen molar-refractivity contribution in [3.8, 4) is 0 Å². The van der Waals surface area contributed by atoms with Gasteiger partial charge >= 0.3 is 0 Å². The predicted octanol–water partition coefficient (Wildman–Crippen LogP) is 2.25. The van der Waals surface area contributed by atoms with Crippen LogP contribution in [0.15, 0.2) is 40.9 Å². The number of pyridine rings is 1. The van der Waals surface area contributed by atoms with Gasteiger partial charge in [-0.1, -0.05) is 6.07 Å². The van der Waals surface area contributed by atoms with E-state index in [0.717, 1.165) is 31.4 Å². The molecule has 1 unspecified atom stereocenters. The average Bonchev–Trinajstić information content (AvgIpc) is 3.24. The molecule has 1 N–H and O–H groups in total. The minimum absolute atomic E-state index is 0.0572. The van der Waals surface area contributed by atoms with Gasteiger partial charge in [0.2, 0.25) is 5.91 Å². The zero-order valence-electron chi connectivity index (χ0n) is 16.5. The maximum absolute atomic E-state index is 12.9. The summed E-state index contributed by atoms with van der Waals surface area (Å²) in [6.07, 6.45) is 5.79. The second kappa shape index (κ2) is 8.37. The van der Waals surface area contributed by atoms with Crippen molar-refractivity contribution in [3.63, 3.8) is 0 Å². The van der Waals surface area contributed by atoms with Crippen molar-refractivity contribution in [2.24, 2.45) is 5.41 Å². The summed E-state index contributed by atoms with van der Waals surface area (Å²) >= 11 is 0. The number of nitrogens with zero attached hydrogens (tertiary/aromatic N) is 3. The van der Waals surface area contributed by atoms with Crippen molar-refractivity contribution in [2.75, 3.05) is 26.2 Å². The molecule has 2 amide bonds. The van der Waals surface area contributed by atoms with Gasteiger partial charge in [-0.3, -0.25) is 14.6 Å². The van der Waals surface area contributed by atoms with Crippen LogP contribution in [0.25, 0.3) is 0 Å². The summed E-state index contributed by atoms with van der Waals surface area (Å²) in [6, 6.07) is 9.09. The van der Waals surface area contributed by atoms with Crippen LogP contribution in [0.1, 0.15) is 47.7 Å². The number of hydrogen-bond donors (Lipinski definition) is 1. The van der Waals surface area contributed by atoms with Crippen molar-refractivity contribution in [1.29, 1.82) is 0 Å². The zero-order valence-corrected chi connectivity index (χ0v) is 16.5. The Balaban J connectivity index is 1.42. The Labute approximate surface area is 170 Å². The maximum Gasteiger partial charge on any atom is 0.289 e. The van der Waals surface area contributed by atoms with E-state index in [0.29, 0.717) is 38.4 Å². The molecule has 2 fully saturated rings. The number of carbonyl (C=O) groups is 2. The standard InChI is InChI=1S/C22H27N3O4/c26-14-18-5-6-19(29-18)21(28)25-12-3-9-22(16-25)10-7-20(27)24(15-22)13-8-17-4-1-2-11-23-17/h1-2,4-6,11,26H,3,7-10,12-16H2. The number of piperidine rings is 2. The normalized spacial score (nSPS) is 22.3. The first-order valence-electron chi connectivity index (χ1n) is 10.3. The van der Waals surface area contributed by atoms with E-state index in [1.54, 1.807) is 18.3 Å². The van der Waals surface area contributed by atoms with Gasteiger partial charge in [-0.25, -0.2) is 0 Å². The van der Waals surface area contributed by atoms with E-state index in [1.807, 2.05) is 28.0 Å². The summed E-state index contributed by atoms with van der Waals surface area (Å²) in [5.74, 6) is 0.711. The van der Waals surface area contributed by atoms with Crippen molar-refractivity contribution in [1.82, 2.24) is 14.8 Å². The molecule has 7 heteroatoms. The summed E-state index contributed by atoms with van der Waals surface area (Å²) in [5.41, 5.74) is 0.927. The second-order valence-corrected chi connectivity index (χ2v) is 8.14. The third-order valence-electron chi connectivity index (χ3n) is 6.09. The van der Waals surface area contributed by atoms with E-state index in [1.165, 1.54) is 0 Å². The molecule has 0 aromatic carbocycles. The molecule has 2 aromatic heterocycles. The Morgan fingerprint density at radius 1 is 1.21 bits per heavy atom. The summed E-state index contributed by atoms with van der Waals surface area (Å²) in [7, 11) is 0. The van der Waals surface area contributed by atoms with Crippen molar-refractivity contribution < 1.29 is 19.1 Å². The van der Waals surface area contributed by atoms with Gasteiger partial charge in [-0.15, -0.1) is 0 Å². The number of carbonyl (C=O) groups excluding carboxylic acids is 2. The van der Waals surface area contributed by atoms with Crippen molar-refractivity contribution in [3.05, 3.63) is 53.7 Å². The van der Waals surface area contributed by atoms with Crippen LogP contribution in [-0.4, -0.2) is 57.9 Å². The number of likely N-dealkylation sites (tertiary alicyclic amines) is 2. The number of aliphatic hydroxyl groups excluding tert-OH is 1. The molecule has 2 aromatic rings. The molecule has 0 saturated carbocycles. The molecule has 1 spiro atoms. The number of aliphatic hydroxyl groups is 1. The minimum Gasteiger partial charge on any atom is -0.453 e. The Morgan fingerprint density at radius 3 is 2.86 bits per heavy atom. The van der Waals surface area contributed by atoms with E-state index in [9.17, 15) is 9.59 Å². The van der Waals surface area contributed by atoms with Gasteiger partial charge in [-0.05, 0) is 43.5 Å². The monoisotopic (exact) mass is 397 g/mol. The summed E-state index contributed by atoms with van der Waals surface area (Å²) < 4.78 is 5.44. The lowest BCUT2D eigenvalue weighted by atomic mass is 9.73. The van der Waals surface area contributed by atoms with Crippen LogP contribution >= 0.6 is 0 Å². The molecule has 2 aliphatic rings. The van der Waals surface area contributed by atoms with Gasteiger partial charge in [0.1, 0.15) is 12.4 Å². The fraction of sp³-hybridized carbons (Fsp3) is 0.500. The molecule has 154 valence electrons. The lowest BCUT2D eigenvalue weighted by Crippen LogP contribution is -2.55. The first-order chi connectivity index (χ1) is 14.1. The molecule has 29 heavy (non-hydrogen) atoms. The van der Waals surface area contributed by atoms with E-state index in [-0.39, 0.29) is 29.6 Å². The highest BCUT2D eigenvalue weighted by molar-refractivity contribution is 5.91. The molecule has 7 nitrogen and oxygen atoms in total. The zero-order chi connectivity index (χ0) is 20.3. The SMILES string of the molecule is O=C1CCC2(CCCN(C(=O)c3ccc(CO)o3)C2)CN1CCc1ccccn1. The highest BCUT2D eigenvalue weighted by atomic mass is 16.4. The Kier molecular flexibility index (Phi) is 5.67. The summed E-state index contributed by atoms with van der Waals surface area (Å²) in [5, 5.41) is 9.17. The number of furan rings is 1. The first kappa shape index (κ1) is 19.6. The van der Waals surface area contributed by atoms with Crippen LogP contribution in [0.2, 0.25) is 0 Å². The molecule has 2 aliphatic heterocycles. The second-order valence-electron chi connectivity index (χ2n) is 8.14. The summed E-state index contributed by atoms with van der Waals surface area (Å²) in [4.78, 5) is 33.5. The fourth-order valence-corrected chi connectivity index (χ4v) is 4.55. The molecule has 0 radical (unpaired) electrons. The lowest BCUT2D eigenvalue weighted by Gasteiger charge is -2.48. The molecule has 2 saturated heterocycles. The summed E-state index contributed by atoms with van der Waals surface area (Å²) in [6.45, 7) is 2.45. The predicted molar refractivity (Wildman–Crippen MR) is 106 cm³/mol. The maximum atomic E-state index is 12.9. The van der Waals surface area contributed by atoms with E-state index >= 15 is 0 Å². The molecule has 0 aliphatic carbocycles. The highest BCUT2D eigenvalue weighted by Gasteiger charge is 2.43. The van der Waals surface area contributed by atoms with E-state index in [2.05, 4.69) is 4.98 Å². The van der Waals surface area contributed by atoms with Crippen LogP contribution in [0.4, 0.5) is 0 Å². The Morgan fingerprint density at radius 2 is 2.10 bits per heavy atom. The molecule has 4 rings (SSSR count). The Bertz CT molecular complexity index is 866. The van der Waals surface area contributed by atoms with Crippen molar-refractivity contribution in [2.45, 2.75) is 38.7 Å². The molecular formula is C22H27N3O4. The van der Waals surface area contributed by atoms with Crippen LogP contribution in [0.5, 0.6) is 0 Å². The highest BCUT2D eigenvalue weighted by Crippen LogP contribution is 2.39. The van der Waals surface area contributed by atoms with Gasteiger partial charge in [0, 0.05) is 56.3 Å². The van der Waals surface area contributed by atoms with Crippen LogP contribution in [0.3, 0.4) is 0 Å². The molecule has 0 bridgehead atoms. The quantitative estimate of drug-likeness (QED) is 0.836. The van der Waals surface area contributed by atoms with Crippen LogP contribution in [0, 0.1) is 5.41 Å². The van der Waals surface area contributed by atoms with Gasteiger partial charge in [-0.2, -0.15) is 0 Å². The topological polar surface area (TPSA) is 86.9 Å². The molecule has 1 atom stereocenters. The van der Waals surface area contributed by atoms with Gasteiger partial charge < -0.3 is 19.3 Å². The number of hydrogen-bond acceptors (Lipinski definition) is 5. The van der Waals surface area contributed by atoms with E-state index < -0.39 is 0 Å². The van der Waals surface area contributed by atoms with Gasteiger partial charge in [0.15, 0.2) is 5.76 Å². The molecule has 4 heterocycles. The number of aromatic nitrogens is 1. The van der Waals surface area contributed by atoms with Gasteiger partial charge in [0.25, 0.3) is 5.91 Å². The Hall–Kier alpha value is -2.67. The first-order valence-corrected chi connectivity index (χ1v) is 10.3. The fourth-order valence-electron chi connectivity index (χ4n) is 4.55. The largest absolute Gasteiger partial charge is 0.453 e. The van der Waals surface area contributed by atoms with E-state index in [4.69, 9.17) is 9.52 Å². The average molecular weight is 397 g/mol. The van der Waals surface area contributed by atoms with Crippen LogP contribution < -0.4 is 0 Å². The van der Waals surface area contributed by atoms with Crippen molar-refractivity contribution >= 4 is 11.8 Å². The lowest BCUT2D eigenvalue weighted by molar-refractivity contribution is -0.138. The minimum atomic E-state index is -0.218. The number of rotatable bonds is 5.